The van der Waals surface area contributed by atoms with Gasteiger partial charge in [-0.1, -0.05) is 6.92 Å². The number of carbonyl (C=O) groups excluding carboxylic acids is 1. The number of amides is 2. The van der Waals surface area contributed by atoms with Gasteiger partial charge in [-0.2, -0.15) is 5.10 Å². The fraction of sp³-hybridized carbons (Fsp3) is 0.545. The first-order chi connectivity index (χ1) is 8.43. The molecule has 0 radical (unpaired) electrons. The lowest BCUT2D eigenvalue weighted by Gasteiger charge is -2.26. The van der Waals surface area contributed by atoms with Gasteiger partial charge in [0.25, 0.3) is 0 Å². The number of nitrogens with zero attached hydrogens (tertiary/aromatic N) is 3. The molecule has 100 valence electrons. The summed E-state index contributed by atoms with van der Waals surface area (Å²) in [6.45, 7) is 3.38. The number of carboxylic acid groups (broad SMARTS) is 1. The summed E-state index contributed by atoms with van der Waals surface area (Å²) < 4.78 is 1.56. The predicted molar refractivity (Wildman–Crippen MR) is 66.3 cm³/mol. The summed E-state index contributed by atoms with van der Waals surface area (Å²) in [6.07, 6.45) is 2.38. The summed E-state index contributed by atoms with van der Waals surface area (Å²) in [6, 6.07) is 1.04. The number of hydrogen-bond donors (Lipinski definition) is 2. The fourth-order valence-corrected chi connectivity index (χ4v) is 1.46. The molecule has 0 saturated heterocycles. The normalized spacial score (nSPS) is 11.9. The highest BCUT2D eigenvalue weighted by atomic mass is 16.4. The topological polar surface area (TPSA) is 87.5 Å². The molecule has 0 aliphatic heterocycles. The number of hydrogen-bond acceptors (Lipinski definition) is 3. The minimum atomic E-state index is -1.04. The number of carbonyl (C=O) groups is 2. The maximum Gasteiger partial charge on any atom is 0.323 e. The smallest absolute Gasteiger partial charge is 0.323 e. The van der Waals surface area contributed by atoms with Crippen LogP contribution in [0.2, 0.25) is 0 Å². The Kier molecular flexibility index (Phi) is 4.70. The van der Waals surface area contributed by atoms with Crippen LogP contribution in [0.25, 0.3) is 0 Å². The van der Waals surface area contributed by atoms with E-state index in [1.165, 1.54) is 4.90 Å². The van der Waals surface area contributed by atoms with Crippen LogP contribution < -0.4 is 5.32 Å². The summed E-state index contributed by atoms with van der Waals surface area (Å²) >= 11 is 0. The van der Waals surface area contributed by atoms with Crippen molar-refractivity contribution in [1.29, 1.82) is 0 Å². The summed E-state index contributed by atoms with van der Waals surface area (Å²) in [4.78, 5) is 24.0. The molecule has 1 aromatic heterocycles. The Hall–Kier alpha value is -2.05. The minimum Gasteiger partial charge on any atom is -0.480 e. The van der Waals surface area contributed by atoms with E-state index < -0.39 is 12.0 Å². The first kappa shape index (κ1) is 14.0. The number of aromatic nitrogens is 2. The van der Waals surface area contributed by atoms with E-state index in [9.17, 15) is 9.59 Å². The highest BCUT2D eigenvalue weighted by Gasteiger charge is 2.22. The molecule has 2 N–H and O–H groups in total. The van der Waals surface area contributed by atoms with Crippen LogP contribution in [0, 0.1) is 0 Å². The first-order valence-corrected chi connectivity index (χ1v) is 5.73. The lowest BCUT2D eigenvalue weighted by Crippen LogP contribution is -2.44. The highest BCUT2D eigenvalue weighted by Crippen LogP contribution is 2.08. The van der Waals surface area contributed by atoms with Gasteiger partial charge in [0.05, 0.1) is 0 Å². The van der Waals surface area contributed by atoms with E-state index in [0.717, 1.165) is 0 Å². The Morgan fingerprint density at radius 2 is 2.28 bits per heavy atom. The standard InChI is InChI=1S/C11H18N4O3/c1-4-8(2)15(7-10(16)17)11(18)12-9-5-6-14(3)13-9/h5-6,8H,4,7H2,1-3H3,(H,16,17)(H,12,13,18). The van der Waals surface area contributed by atoms with Crippen molar-refractivity contribution in [2.75, 3.05) is 11.9 Å². The van der Waals surface area contributed by atoms with Crippen LogP contribution in [0.15, 0.2) is 12.3 Å². The monoisotopic (exact) mass is 254 g/mol. The number of aryl methyl sites for hydroxylation is 1. The summed E-state index contributed by atoms with van der Waals surface area (Å²) in [5.41, 5.74) is 0. The molecule has 1 heterocycles. The third kappa shape index (κ3) is 3.76. The number of urea groups is 1. The molecule has 0 saturated carbocycles. The van der Waals surface area contributed by atoms with Crippen LogP contribution in [-0.2, 0) is 11.8 Å². The molecule has 0 bridgehead atoms. The van der Waals surface area contributed by atoms with Crippen molar-refractivity contribution < 1.29 is 14.7 Å². The molecular weight excluding hydrogens is 236 g/mol. The van der Waals surface area contributed by atoms with Gasteiger partial charge < -0.3 is 10.0 Å². The van der Waals surface area contributed by atoms with Crippen molar-refractivity contribution in [1.82, 2.24) is 14.7 Å². The van der Waals surface area contributed by atoms with Gasteiger partial charge in [-0.3, -0.25) is 14.8 Å². The second-order valence-electron chi connectivity index (χ2n) is 4.08. The minimum absolute atomic E-state index is 0.148. The average Bonchev–Trinajstić information content (AvgIpc) is 2.70. The molecule has 0 aromatic carbocycles. The lowest BCUT2D eigenvalue weighted by atomic mass is 10.2. The first-order valence-electron chi connectivity index (χ1n) is 5.73. The number of anilines is 1. The van der Waals surface area contributed by atoms with Crippen molar-refractivity contribution in [3.63, 3.8) is 0 Å². The molecule has 18 heavy (non-hydrogen) atoms. The fourth-order valence-electron chi connectivity index (χ4n) is 1.46. The van der Waals surface area contributed by atoms with Crippen LogP contribution >= 0.6 is 0 Å². The lowest BCUT2D eigenvalue weighted by molar-refractivity contribution is -0.138. The van der Waals surface area contributed by atoms with E-state index in [4.69, 9.17) is 5.11 Å². The number of aliphatic carboxylic acids is 1. The van der Waals surface area contributed by atoms with Crippen LogP contribution in [0.4, 0.5) is 10.6 Å². The molecule has 0 aliphatic carbocycles. The van der Waals surface area contributed by atoms with E-state index in [1.807, 2.05) is 6.92 Å². The zero-order valence-corrected chi connectivity index (χ0v) is 10.8. The third-order valence-electron chi connectivity index (χ3n) is 2.64. The zero-order chi connectivity index (χ0) is 13.7. The van der Waals surface area contributed by atoms with Crippen molar-refractivity contribution in [3.05, 3.63) is 12.3 Å². The van der Waals surface area contributed by atoms with E-state index in [1.54, 1.807) is 30.9 Å². The van der Waals surface area contributed by atoms with Crippen molar-refractivity contribution in [2.45, 2.75) is 26.3 Å². The molecule has 1 rings (SSSR count). The van der Waals surface area contributed by atoms with Gasteiger partial charge in [0.15, 0.2) is 5.82 Å². The molecule has 7 nitrogen and oxygen atoms in total. The van der Waals surface area contributed by atoms with Gasteiger partial charge in [0, 0.05) is 25.4 Å². The number of nitrogens with one attached hydrogen (secondary N) is 1. The summed E-state index contributed by atoms with van der Waals surface area (Å²) in [5.74, 6) is -0.632. The molecule has 0 aliphatic rings. The molecule has 7 heteroatoms. The maximum absolute atomic E-state index is 12.0. The van der Waals surface area contributed by atoms with Gasteiger partial charge in [0.1, 0.15) is 6.54 Å². The van der Waals surface area contributed by atoms with Gasteiger partial charge in [0.2, 0.25) is 0 Å². The average molecular weight is 254 g/mol. The third-order valence-corrected chi connectivity index (χ3v) is 2.64. The highest BCUT2D eigenvalue weighted by molar-refractivity contribution is 5.90. The largest absolute Gasteiger partial charge is 0.480 e. The quantitative estimate of drug-likeness (QED) is 0.824. The van der Waals surface area contributed by atoms with Crippen molar-refractivity contribution in [3.8, 4) is 0 Å². The Morgan fingerprint density at radius 3 is 2.72 bits per heavy atom. The Balaban J connectivity index is 2.72. The van der Waals surface area contributed by atoms with E-state index in [0.29, 0.717) is 12.2 Å². The van der Waals surface area contributed by atoms with E-state index >= 15 is 0 Å². The molecule has 0 fully saturated rings. The van der Waals surface area contributed by atoms with Crippen LogP contribution in [-0.4, -0.2) is 44.4 Å². The van der Waals surface area contributed by atoms with Crippen LogP contribution in [0.1, 0.15) is 20.3 Å². The molecular formula is C11H18N4O3. The van der Waals surface area contributed by atoms with Crippen LogP contribution in [0.3, 0.4) is 0 Å². The van der Waals surface area contributed by atoms with Crippen molar-refractivity contribution in [2.24, 2.45) is 7.05 Å². The molecule has 1 aromatic rings. The van der Waals surface area contributed by atoms with Crippen LogP contribution in [0.5, 0.6) is 0 Å². The Bertz CT molecular complexity index is 430. The Labute approximate surface area is 105 Å². The van der Waals surface area contributed by atoms with Gasteiger partial charge in [-0.15, -0.1) is 0 Å². The summed E-state index contributed by atoms with van der Waals surface area (Å²) in [5, 5.41) is 15.4. The van der Waals surface area contributed by atoms with E-state index in [2.05, 4.69) is 10.4 Å². The predicted octanol–water partition coefficient (Wildman–Crippen LogP) is 1.14. The molecule has 1 atom stereocenters. The van der Waals surface area contributed by atoms with Gasteiger partial charge in [-0.05, 0) is 13.3 Å². The van der Waals surface area contributed by atoms with E-state index in [-0.39, 0.29) is 12.6 Å². The SMILES string of the molecule is CCC(C)N(CC(=O)O)C(=O)Nc1ccn(C)n1. The molecule has 2 amide bonds. The second-order valence-corrected chi connectivity index (χ2v) is 4.08. The molecule has 0 spiro atoms. The Morgan fingerprint density at radius 1 is 1.61 bits per heavy atom. The zero-order valence-electron chi connectivity index (χ0n) is 10.8. The number of rotatable bonds is 5. The van der Waals surface area contributed by atoms with Crippen molar-refractivity contribution >= 4 is 17.8 Å². The number of carboxylic acids is 1. The summed E-state index contributed by atoms with van der Waals surface area (Å²) in [7, 11) is 1.74. The van der Waals surface area contributed by atoms with Gasteiger partial charge in [-0.25, -0.2) is 4.79 Å². The second kappa shape index (κ2) is 6.04. The maximum atomic E-state index is 12.0. The molecule has 1 unspecified atom stereocenters. The van der Waals surface area contributed by atoms with Gasteiger partial charge >= 0.3 is 12.0 Å².